The van der Waals surface area contributed by atoms with Crippen LogP contribution in [0.5, 0.6) is 0 Å². The number of anilines is 1. The van der Waals surface area contributed by atoms with Gasteiger partial charge in [0.2, 0.25) is 0 Å². The number of carbonyl (C=O) groups is 2. The number of urea groups is 1. The first-order chi connectivity index (χ1) is 10.5. The number of hydrogen-bond donors (Lipinski definition) is 3. The summed E-state index contributed by atoms with van der Waals surface area (Å²) in [6, 6.07) is 3.77. The van der Waals surface area contributed by atoms with Gasteiger partial charge in [0.05, 0.1) is 5.56 Å². The van der Waals surface area contributed by atoms with Gasteiger partial charge in [0.25, 0.3) is 5.91 Å². The molecule has 0 unspecified atom stereocenters. The van der Waals surface area contributed by atoms with Gasteiger partial charge in [0, 0.05) is 18.8 Å². The Hall–Kier alpha value is -2.11. The Bertz CT molecular complexity index is 562. The van der Waals surface area contributed by atoms with Crippen LogP contribution < -0.4 is 16.0 Å². The fourth-order valence-corrected chi connectivity index (χ4v) is 2.78. The highest BCUT2D eigenvalue weighted by molar-refractivity contribution is 5.97. The van der Waals surface area contributed by atoms with Gasteiger partial charge < -0.3 is 16.0 Å². The minimum atomic E-state index is -0.619. The Balaban J connectivity index is 2.00. The predicted molar refractivity (Wildman–Crippen MR) is 83.4 cm³/mol. The predicted octanol–water partition coefficient (Wildman–Crippen LogP) is 2.89. The van der Waals surface area contributed by atoms with Crippen LogP contribution in [0.25, 0.3) is 0 Å². The standard InChI is InChI=1S/C16H22FN3O2/c1-10-5-3-4-6-14(10)20-16(22)19-11-7-8-13(17)12(9-11)15(21)18-2/h7-10,14H,3-6H2,1-2H3,(H,18,21)(H2,19,20,22)/t10-,14-/m1/s1. The lowest BCUT2D eigenvalue weighted by Crippen LogP contribution is -2.43. The molecule has 3 amide bonds. The molecular weight excluding hydrogens is 285 g/mol. The molecule has 3 N–H and O–H groups in total. The fourth-order valence-electron chi connectivity index (χ4n) is 2.78. The molecular formula is C16H22FN3O2. The van der Waals surface area contributed by atoms with Crippen LogP contribution >= 0.6 is 0 Å². The molecule has 0 heterocycles. The molecule has 0 spiro atoms. The zero-order valence-electron chi connectivity index (χ0n) is 12.9. The summed E-state index contributed by atoms with van der Waals surface area (Å²) in [4.78, 5) is 23.6. The molecule has 1 aromatic carbocycles. The summed E-state index contributed by atoms with van der Waals surface area (Å²) < 4.78 is 13.6. The molecule has 0 bridgehead atoms. The lowest BCUT2D eigenvalue weighted by molar-refractivity contribution is 0.0959. The van der Waals surface area contributed by atoms with Gasteiger partial charge in [-0.1, -0.05) is 19.8 Å². The molecule has 22 heavy (non-hydrogen) atoms. The van der Waals surface area contributed by atoms with Crippen LogP contribution in [0.4, 0.5) is 14.9 Å². The molecule has 6 heteroatoms. The van der Waals surface area contributed by atoms with Gasteiger partial charge in [-0.2, -0.15) is 0 Å². The highest BCUT2D eigenvalue weighted by Crippen LogP contribution is 2.24. The molecule has 0 saturated heterocycles. The van der Waals surface area contributed by atoms with E-state index in [0.717, 1.165) is 19.3 Å². The smallest absolute Gasteiger partial charge is 0.319 e. The van der Waals surface area contributed by atoms with Crippen molar-refractivity contribution in [3.8, 4) is 0 Å². The summed E-state index contributed by atoms with van der Waals surface area (Å²) in [5.74, 6) is -0.692. The number of carbonyl (C=O) groups excluding carboxylic acids is 2. The van der Waals surface area contributed by atoms with Gasteiger partial charge in [-0.25, -0.2) is 9.18 Å². The summed E-state index contributed by atoms with van der Waals surface area (Å²) >= 11 is 0. The third kappa shape index (κ3) is 3.96. The number of rotatable bonds is 3. The first-order valence-corrected chi connectivity index (χ1v) is 7.60. The summed E-state index contributed by atoms with van der Waals surface area (Å²) in [7, 11) is 1.43. The van der Waals surface area contributed by atoms with E-state index in [0.29, 0.717) is 11.6 Å². The first kappa shape index (κ1) is 16.3. The maximum atomic E-state index is 13.6. The zero-order valence-corrected chi connectivity index (χ0v) is 12.9. The van der Waals surface area contributed by atoms with Gasteiger partial charge in [0.1, 0.15) is 5.82 Å². The van der Waals surface area contributed by atoms with Crippen LogP contribution in [0, 0.1) is 11.7 Å². The second-order valence-corrected chi connectivity index (χ2v) is 5.74. The number of halogens is 1. The van der Waals surface area contributed by atoms with Crippen LogP contribution in [0.3, 0.4) is 0 Å². The third-order valence-corrected chi connectivity index (χ3v) is 4.12. The number of nitrogens with one attached hydrogen (secondary N) is 3. The van der Waals surface area contributed by atoms with E-state index in [2.05, 4.69) is 22.9 Å². The van der Waals surface area contributed by atoms with Crippen LogP contribution in [0.2, 0.25) is 0 Å². The number of amides is 3. The minimum Gasteiger partial charge on any atom is -0.355 e. The van der Waals surface area contributed by atoms with E-state index in [1.807, 2.05) is 0 Å². The molecule has 1 aromatic rings. The molecule has 1 aliphatic carbocycles. The molecule has 1 saturated carbocycles. The monoisotopic (exact) mass is 307 g/mol. The van der Waals surface area contributed by atoms with Crippen molar-refractivity contribution < 1.29 is 14.0 Å². The molecule has 1 aliphatic rings. The molecule has 2 atom stereocenters. The van der Waals surface area contributed by atoms with Crippen LogP contribution in [0.15, 0.2) is 18.2 Å². The van der Waals surface area contributed by atoms with E-state index in [1.54, 1.807) is 0 Å². The number of hydrogen-bond acceptors (Lipinski definition) is 2. The Labute approximate surface area is 129 Å². The van der Waals surface area contributed by atoms with Gasteiger partial charge >= 0.3 is 6.03 Å². The molecule has 0 radical (unpaired) electrons. The Kier molecular flexibility index (Phi) is 5.35. The molecule has 0 aromatic heterocycles. The zero-order chi connectivity index (χ0) is 16.1. The second-order valence-electron chi connectivity index (χ2n) is 5.74. The molecule has 2 rings (SSSR count). The van der Waals surface area contributed by atoms with Crippen molar-refractivity contribution in [2.45, 2.75) is 38.6 Å². The highest BCUT2D eigenvalue weighted by atomic mass is 19.1. The fraction of sp³-hybridized carbons (Fsp3) is 0.500. The lowest BCUT2D eigenvalue weighted by atomic mass is 9.86. The van der Waals surface area contributed by atoms with Crippen molar-refractivity contribution in [3.63, 3.8) is 0 Å². The normalized spacial score (nSPS) is 21.0. The van der Waals surface area contributed by atoms with Crippen molar-refractivity contribution >= 4 is 17.6 Å². The maximum absolute atomic E-state index is 13.6. The molecule has 1 fully saturated rings. The van der Waals surface area contributed by atoms with Crippen LogP contribution in [-0.4, -0.2) is 25.0 Å². The van der Waals surface area contributed by atoms with E-state index in [-0.39, 0.29) is 17.6 Å². The lowest BCUT2D eigenvalue weighted by Gasteiger charge is -2.29. The van der Waals surface area contributed by atoms with Crippen molar-refractivity contribution in [3.05, 3.63) is 29.6 Å². The summed E-state index contributed by atoms with van der Waals surface area (Å²) in [6.07, 6.45) is 4.41. The topological polar surface area (TPSA) is 70.2 Å². The Morgan fingerprint density at radius 3 is 2.64 bits per heavy atom. The Morgan fingerprint density at radius 1 is 1.23 bits per heavy atom. The summed E-state index contributed by atoms with van der Waals surface area (Å²) in [5.41, 5.74) is 0.298. The van der Waals surface area contributed by atoms with E-state index in [4.69, 9.17) is 0 Å². The van der Waals surface area contributed by atoms with Gasteiger partial charge in [-0.05, 0) is 37.0 Å². The number of benzene rings is 1. The van der Waals surface area contributed by atoms with Gasteiger partial charge in [-0.15, -0.1) is 0 Å². The quantitative estimate of drug-likeness (QED) is 0.803. The average Bonchev–Trinajstić information content (AvgIpc) is 2.50. The van der Waals surface area contributed by atoms with E-state index in [1.165, 1.54) is 31.7 Å². The van der Waals surface area contributed by atoms with Crippen molar-refractivity contribution in [1.82, 2.24) is 10.6 Å². The minimum absolute atomic E-state index is 0.0914. The van der Waals surface area contributed by atoms with E-state index in [9.17, 15) is 14.0 Å². The van der Waals surface area contributed by atoms with Gasteiger partial charge in [-0.3, -0.25) is 4.79 Å². The van der Waals surface area contributed by atoms with Crippen molar-refractivity contribution in [1.29, 1.82) is 0 Å². The van der Waals surface area contributed by atoms with Crippen LogP contribution in [0.1, 0.15) is 43.0 Å². The summed E-state index contributed by atoms with van der Waals surface area (Å²) in [6.45, 7) is 2.13. The first-order valence-electron chi connectivity index (χ1n) is 7.60. The highest BCUT2D eigenvalue weighted by Gasteiger charge is 2.23. The molecule has 0 aliphatic heterocycles. The Morgan fingerprint density at radius 2 is 1.95 bits per heavy atom. The second kappa shape index (κ2) is 7.24. The SMILES string of the molecule is CNC(=O)c1cc(NC(=O)N[C@@H]2CCCC[C@H]2C)ccc1F. The van der Waals surface area contributed by atoms with Crippen LogP contribution in [-0.2, 0) is 0 Å². The van der Waals surface area contributed by atoms with E-state index >= 15 is 0 Å². The summed E-state index contributed by atoms with van der Waals surface area (Å²) in [5, 5.41) is 7.98. The average molecular weight is 307 g/mol. The van der Waals surface area contributed by atoms with Gasteiger partial charge in [0.15, 0.2) is 0 Å². The van der Waals surface area contributed by atoms with Crippen molar-refractivity contribution in [2.24, 2.45) is 5.92 Å². The molecule has 5 nitrogen and oxygen atoms in total. The maximum Gasteiger partial charge on any atom is 0.319 e. The van der Waals surface area contributed by atoms with E-state index < -0.39 is 11.7 Å². The third-order valence-electron chi connectivity index (χ3n) is 4.12. The van der Waals surface area contributed by atoms with Crippen molar-refractivity contribution in [2.75, 3.05) is 12.4 Å². The molecule has 120 valence electrons. The largest absolute Gasteiger partial charge is 0.355 e.